The van der Waals surface area contributed by atoms with E-state index in [0.717, 1.165) is 12.6 Å². The summed E-state index contributed by atoms with van der Waals surface area (Å²) < 4.78 is 0. The van der Waals surface area contributed by atoms with Crippen LogP contribution in [0.3, 0.4) is 0 Å². The standard InChI is InChI=1S/C14H29N3S/c1-4-13-11-15-14(2,3)12-17(13)6-5-16-7-9-18-10-8-16/h13,15H,4-12H2,1-3H3. The molecule has 1 atom stereocenters. The number of nitrogens with zero attached hydrogens (tertiary/aromatic N) is 2. The lowest BCUT2D eigenvalue weighted by Crippen LogP contribution is -2.62. The zero-order valence-electron chi connectivity index (χ0n) is 12.2. The number of piperazine rings is 1. The van der Waals surface area contributed by atoms with Crippen LogP contribution in [-0.2, 0) is 0 Å². The normalized spacial score (nSPS) is 30.5. The van der Waals surface area contributed by atoms with Gasteiger partial charge in [-0.1, -0.05) is 6.92 Å². The second kappa shape index (κ2) is 6.60. The lowest BCUT2D eigenvalue weighted by Gasteiger charge is -2.45. The number of hydrogen-bond donors (Lipinski definition) is 1. The fourth-order valence-corrected chi connectivity index (χ4v) is 3.95. The molecular formula is C14H29N3S. The van der Waals surface area contributed by atoms with Crippen molar-refractivity contribution in [2.24, 2.45) is 0 Å². The SMILES string of the molecule is CCC1CNC(C)(C)CN1CCN1CCSCC1. The Morgan fingerprint density at radius 3 is 2.61 bits per heavy atom. The van der Waals surface area contributed by atoms with E-state index in [4.69, 9.17) is 0 Å². The van der Waals surface area contributed by atoms with Crippen molar-refractivity contribution in [3.05, 3.63) is 0 Å². The number of thioether (sulfide) groups is 1. The highest BCUT2D eigenvalue weighted by Gasteiger charge is 2.31. The first-order valence-corrected chi connectivity index (χ1v) is 8.55. The summed E-state index contributed by atoms with van der Waals surface area (Å²) in [6, 6.07) is 0.734. The first-order valence-electron chi connectivity index (χ1n) is 7.40. The van der Waals surface area contributed by atoms with Gasteiger partial charge in [0.2, 0.25) is 0 Å². The molecule has 2 rings (SSSR count). The largest absolute Gasteiger partial charge is 0.309 e. The van der Waals surface area contributed by atoms with Crippen LogP contribution in [0, 0.1) is 0 Å². The van der Waals surface area contributed by atoms with Gasteiger partial charge in [0, 0.05) is 62.4 Å². The Balaban J connectivity index is 1.80. The molecule has 0 aliphatic carbocycles. The second-order valence-electron chi connectivity index (χ2n) is 6.25. The van der Waals surface area contributed by atoms with Crippen molar-refractivity contribution in [1.82, 2.24) is 15.1 Å². The zero-order valence-corrected chi connectivity index (χ0v) is 13.1. The van der Waals surface area contributed by atoms with Crippen molar-refractivity contribution in [3.8, 4) is 0 Å². The van der Waals surface area contributed by atoms with Crippen LogP contribution in [0.25, 0.3) is 0 Å². The van der Waals surface area contributed by atoms with Crippen molar-refractivity contribution in [2.45, 2.75) is 38.8 Å². The Hall–Kier alpha value is 0.230. The van der Waals surface area contributed by atoms with E-state index in [1.54, 1.807) is 0 Å². The summed E-state index contributed by atoms with van der Waals surface area (Å²) in [6.45, 7) is 14.4. The molecular weight excluding hydrogens is 242 g/mol. The summed E-state index contributed by atoms with van der Waals surface area (Å²) in [5, 5.41) is 3.67. The predicted molar refractivity (Wildman–Crippen MR) is 81.5 cm³/mol. The van der Waals surface area contributed by atoms with Crippen molar-refractivity contribution < 1.29 is 0 Å². The second-order valence-corrected chi connectivity index (χ2v) is 7.48. The van der Waals surface area contributed by atoms with Gasteiger partial charge in [-0.3, -0.25) is 4.90 Å². The topological polar surface area (TPSA) is 18.5 Å². The predicted octanol–water partition coefficient (Wildman–Crippen LogP) is 1.50. The molecule has 2 fully saturated rings. The summed E-state index contributed by atoms with van der Waals surface area (Å²) in [5.74, 6) is 2.65. The summed E-state index contributed by atoms with van der Waals surface area (Å²) in [7, 11) is 0. The van der Waals surface area contributed by atoms with Gasteiger partial charge in [0.1, 0.15) is 0 Å². The van der Waals surface area contributed by atoms with Gasteiger partial charge in [-0.2, -0.15) is 11.8 Å². The Morgan fingerprint density at radius 2 is 1.94 bits per heavy atom. The van der Waals surface area contributed by atoms with E-state index >= 15 is 0 Å². The molecule has 4 heteroatoms. The van der Waals surface area contributed by atoms with Gasteiger partial charge in [-0.25, -0.2) is 0 Å². The smallest absolute Gasteiger partial charge is 0.0252 e. The molecule has 3 nitrogen and oxygen atoms in total. The molecule has 0 saturated carbocycles. The minimum atomic E-state index is 0.281. The first kappa shape index (κ1) is 14.6. The molecule has 106 valence electrons. The maximum atomic E-state index is 3.67. The monoisotopic (exact) mass is 271 g/mol. The average molecular weight is 271 g/mol. The van der Waals surface area contributed by atoms with E-state index < -0.39 is 0 Å². The number of nitrogens with one attached hydrogen (secondary N) is 1. The summed E-state index contributed by atoms with van der Waals surface area (Å²) in [4.78, 5) is 5.34. The van der Waals surface area contributed by atoms with Crippen LogP contribution in [0.2, 0.25) is 0 Å². The van der Waals surface area contributed by atoms with Crippen molar-refractivity contribution in [2.75, 3.05) is 50.8 Å². The van der Waals surface area contributed by atoms with Gasteiger partial charge in [-0.05, 0) is 20.3 Å². The molecule has 2 saturated heterocycles. The summed E-state index contributed by atoms with van der Waals surface area (Å²) >= 11 is 2.10. The van der Waals surface area contributed by atoms with Gasteiger partial charge in [0.05, 0.1) is 0 Å². The summed E-state index contributed by atoms with van der Waals surface area (Å²) in [6.07, 6.45) is 1.26. The molecule has 1 unspecified atom stereocenters. The third-order valence-corrected chi connectivity index (χ3v) is 5.15. The van der Waals surface area contributed by atoms with Crippen LogP contribution in [0.15, 0.2) is 0 Å². The van der Waals surface area contributed by atoms with E-state index in [1.807, 2.05) is 0 Å². The van der Waals surface area contributed by atoms with Gasteiger partial charge < -0.3 is 10.2 Å². The molecule has 0 aromatic rings. The molecule has 2 aliphatic rings. The molecule has 0 spiro atoms. The highest BCUT2D eigenvalue weighted by Crippen LogP contribution is 2.17. The van der Waals surface area contributed by atoms with Gasteiger partial charge in [0.15, 0.2) is 0 Å². The fraction of sp³-hybridized carbons (Fsp3) is 1.00. The summed E-state index contributed by atoms with van der Waals surface area (Å²) in [5.41, 5.74) is 0.281. The van der Waals surface area contributed by atoms with E-state index in [2.05, 4.69) is 47.6 Å². The molecule has 1 N–H and O–H groups in total. The molecule has 2 aliphatic heterocycles. The first-order chi connectivity index (χ1) is 8.61. The average Bonchev–Trinajstić information content (AvgIpc) is 2.37. The van der Waals surface area contributed by atoms with Crippen LogP contribution in [0.4, 0.5) is 0 Å². The number of hydrogen-bond acceptors (Lipinski definition) is 4. The quantitative estimate of drug-likeness (QED) is 0.835. The van der Waals surface area contributed by atoms with Crippen molar-refractivity contribution in [3.63, 3.8) is 0 Å². The highest BCUT2D eigenvalue weighted by atomic mass is 32.2. The Bertz CT molecular complexity index is 251. The van der Waals surface area contributed by atoms with Crippen LogP contribution >= 0.6 is 11.8 Å². The molecule has 2 heterocycles. The maximum absolute atomic E-state index is 3.67. The Morgan fingerprint density at radius 1 is 1.22 bits per heavy atom. The molecule has 18 heavy (non-hydrogen) atoms. The minimum Gasteiger partial charge on any atom is -0.309 e. The molecule has 0 aromatic carbocycles. The molecule has 0 amide bonds. The van der Waals surface area contributed by atoms with E-state index in [9.17, 15) is 0 Å². The van der Waals surface area contributed by atoms with Crippen LogP contribution in [0.5, 0.6) is 0 Å². The van der Waals surface area contributed by atoms with Crippen LogP contribution in [0.1, 0.15) is 27.2 Å². The lowest BCUT2D eigenvalue weighted by molar-refractivity contribution is 0.0816. The highest BCUT2D eigenvalue weighted by molar-refractivity contribution is 7.99. The van der Waals surface area contributed by atoms with E-state index in [0.29, 0.717) is 0 Å². The van der Waals surface area contributed by atoms with Crippen LogP contribution in [-0.4, -0.2) is 72.2 Å². The van der Waals surface area contributed by atoms with Crippen LogP contribution < -0.4 is 5.32 Å². The third-order valence-electron chi connectivity index (χ3n) is 4.21. The lowest BCUT2D eigenvalue weighted by atomic mass is 9.97. The molecule has 0 radical (unpaired) electrons. The molecule has 0 bridgehead atoms. The zero-order chi connectivity index (χ0) is 13.0. The third kappa shape index (κ3) is 4.12. The molecule has 0 aromatic heterocycles. The van der Waals surface area contributed by atoms with Gasteiger partial charge >= 0.3 is 0 Å². The van der Waals surface area contributed by atoms with E-state index in [1.165, 1.54) is 50.7 Å². The maximum Gasteiger partial charge on any atom is 0.0252 e. The fourth-order valence-electron chi connectivity index (χ4n) is 2.97. The van der Waals surface area contributed by atoms with E-state index in [-0.39, 0.29) is 5.54 Å². The van der Waals surface area contributed by atoms with Crippen molar-refractivity contribution in [1.29, 1.82) is 0 Å². The van der Waals surface area contributed by atoms with Crippen molar-refractivity contribution >= 4 is 11.8 Å². The van der Waals surface area contributed by atoms with Gasteiger partial charge in [0.25, 0.3) is 0 Å². The number of rotatable bonds is 4. The van der Waals surface area contributed by atoms with Gasteiger partial charge in [-0.15, -0.1) is 0 Å². The Labute approximate surface area is 117 Å². The minimum absolute atomic E-state index is 0.281. The Kier molecular flexibility index (Phi) is 5.36.